The number of hydrogen-bond acceptors (Lipinski definition) is 2. The molecule has 0 radical (unpaired) electrons. The Kier molecular flexibility index (Phi) is 5.01. The summed E-state index contributed by atoms with van der Waals surface area (Å²) in [7, 11) is 1.98. The largest absolute Gasteiger partial charge is 0.352 e. The highest BCUT2D eigenvalue weighted by atomic mass is 16.1. The van der Waals surface area contributed by atoms with E-state index in [9.17, 15) is 4.79 Å². The molecular weight excluding hydrogens is 286 g/mol. The fraction of sp³-hybridized carbons (Fsp3) is 0.526. The van der Waals surface area contributed by atoms with Crippen LogP contribution in [0.5, 0.6) is 0 Å². The number of amides is 1. The molecule has 1 N–H and O–H groups in total. The number of rotatable bonds is 5. The van der Waals surface area contributed by atoms with Gasteiger partial charge in [0.05, 0.1) is 5.56 Å². The number of benzene rings is 1. The molecule has 3 rings (SSSR count). The molecule has 1 aliphatic rings. The lowest BCUT2D eigenvalue weighted by Gasteiger charge is -2.33. The number of aryl methyl sites for hydroxylation is 1. The number of aromatic nitrogens is 1. The molecule has 4 nitrogen and oxygen atoms in total. The van der Waals surface area contributed by atoms with Gasteiger partial charge in [0.1, 0.15) is 0 Å². The average molecular weight is 313 g/mol. The second kappa shape index (κ2) is 7.18. The van der Waals surface area contributed by atoms with Gasteiger partial charge in [0, 0.05) is 43.3 Å². The van der Waals surface area contributed by atoms with Crippen LogP contribution in [0.25, 0.3) is 10.9 Å². The van der Waals surface area contributed by atoms with E-state index in [0.29, 0.717) is 6.04 Å². The van der Waals surface area contributed by atoms with Crippen LogP contribution in [0, 0.1) is 0 Å². The molecule has 1 saturated heterocycles. The number of piperidine rings is 1. The molecule has 124 valence electrons. The van der Waals surface area contributed by atoms with Crippen molar-refractivity contribution in [1.82, 2.24) is 14.8 Å². The molecule has 1 amide bonds. The Bertz CT molecular complexity index is 676. The zero-order chi connectivity index (χ0) is 16.2. The SMILES string of the molecule is CC1CCCCN1CCCNC(=O)c1cn(C)c2ccccc12. The standard InChI is InChI=1S/C19H27N3O/c1-15-8-5-6-12-22(15)13-7-11-20-19(23)17-14-21(2)18-10-4-3-9-16(17)18/h3-4,9-10,14-15H,5-8,11-13H2,1-2H3,(H,20,23). The van der Waals surface area contributed by atoms with Crippen LogP contribution < -0.4 is 5.32 Å². The fourth-order valence-electron chi connectivity index (χ4n) is 3.59. The van der Waals surface area contributed by atoms with Crippen molar-refractivity contribution in [2.45, 2.75) is 38.6 Å². The van der Waals surface area contributed by atoms with Gasteiger partial charge in [-0.1, -0.05) is 24.6 Å². The number of likely N-dealkylation sites (tertiary alicyclic amines) is 1. The van der Waals surface area contributed by atoms with Crippen LogP contribution in [-0.4, -0.2) is 41.1 Å². The van der Waals surface area contributed by atoms with Crippen molar-refractivity contribution in [3.8, 4) is 0 Å². The van der Waals surface area contributed by atoms with Gasteiger partial charge in [0.25, 0.3) is 5.91 Å². The van der Waals surface area contributed by atoms with Crippen LogP contribution in [0.2, 0.25) is 0 Å². The summed E-state index contributed by atoms with van der Waals surface area (Å²) in [6, 6.07) is 8.74. The maximum Gasteiger partial charge on any atom is 0.253 e. The van der Waals surface area contributed by atoms with Gasteiger partial charge in [-0.3, -0.25) is 4.79 Å². The lowest BCUT2D eigenvalue weighted by molar-refractivity contribution is 0.0950. The first-order chi connectivity index (χ1) is 11.2. The highest BCUT2D eigenvalue weighted by Gasteiger charge is 2.17. The number of hydrogen-bond donors (Lipinski definition) is 1. The Morgan fingerprint density at radius 3 is 2.96 bits per heavy atom. The maximum absolute atomic E-state index is 12.4. The van der Waals surface area contributed by atoms with Crippen molar-refractivity contribution >= 4 is 16.8 Å². The molecule has 23 heavy (non-hydrogen) atoms. The number of nitrogens with zero attached hydrogens (tertiary/aromatic N) is 2. The first kappa shape index (κ1) is 16.1. The minimum Gasteiger partial charge on any atom is -0.352 e. The van der Waals surface area contributed by atoms with E-state index in [1.54, 1.807) is 0 Å². The van der Waals surface area contributed by atoms with Crippen molar-refractivity contribution in [3.63, 3.8) is 0 Å². The van der Waals surface area contributed by atoms with Crippen molar-refractivity contribution in [2.24, 2.45) is 7.05 Å². The third-order valence-electron chi connectivity index (χ3n) is 4.99. The Morgan fingerprint density at radius 2 is 2.13 bits per heavy atom. The first-order valence-corrected chi connectivity index (χ1v) is 8.73. The van der Waals surface area contributed by atoms with E-state index in [1.807, 2.05) is 42.1 Å². The molecule has 2 heterocycles. The smallest absolute Gasteiger partial charge is 0.253 e. The van der Waals surface area contributed by atoms with Crippen molar-refractivity contribution in [2.75, 3.05) is 19.6 Å². The van der Waals surface area contributed by atoms with E-state index in [2.05, 4.69) is 17.1 Å². The van der Waals surface area contributed by atoms with E-state index in [4.69, 9.17) is 0 Å². The predicted molar refractivity (Wildman–Crippen MR) is 94.8 cm³/mol. The summed E-state index contributed by atoms with van der Waals surface area (Å²) in [6.45, 7) is 5.34. The van der Waals surface area contributed by atoms with Gasteiger partial charge in [-0.2, -0.15) is 0 Å². The lowest BCUT2D eigenvalue weighted by Crippen LogP contribution is -2.39. The zero-order valence-electron chi connectivity index (χ0n) is 14.2. The average Bonchev–Trinajstić information content (AvgIpc) is 2.90. The van der Waals surface area contributed by atoms with Crippen molar-refractivity contribution in [1.29, 1.82) is 0 Å². The molecule has 4 heteroatoms. The molecule has 0 saturated carbocycles. The summed E-state index contributed by atoms with van der Waals surface area (Å²) in [5, 5.41) is 4.11. The van der Waals surface area contributed by atoms with Crippen LogP contribution in [-0.2, 0) is 7.05 Å². The molecule has 1 aromatic carbocycles. The fourth-order valence-corrected chi connectivity index (χ4v) is 3.59. The van der Waals surface area contributed by atoms with Gasteiger partial charge < -0.3 is 14.8 Å². The molecular formula is C19H27N3O. The van der Waals surface area contributed by atoms with Crippen molar-refractivity contribution in [3.05, 3.63) is 36.0 Å². The molecule has 0 bridgehead atoms. The molecule has 1 aliphatic heterocycles. The summed E-state index contributed by atoms with van der Waals surface area (Å²) >= 11 is 0. The number of nitrogens with one attached hydrogen (secondary N) is 1. The second-order valence-corrected chi connectivity index (χ2v) is 6.66. The van der Waals surface area contributed by atoms with Gasteiger partial charge in [-0.25, -0.2) is 0 Å². The van der Waals surface area contributed by atoms with E-state index in [0.717, 1.165) is 36.0 Å². The van der Waals surface area contributed by atoms with Crippen LogP contribution in [0.3, 0.4) is 0 Å². The summed E-state index contributed by atoms with van der Waals surface area (Å²) in [6.07, 6.45) is 6.91. The van der Waals surface area contributed by atoms with E-state index in [1.165, 1.54) is 25.8 Å². The van der Waals surface area contributed by atoms with Gasteiger partial charge in [0.2, 0.25) is 0 Å². The molecule has 1 fully saturated rings. The summed E-state index contributed by atoms with van der Waals surface area (Å²) in [5.74, 6) is 0.0356. The number of fused-ring (bicyclic) bond motifs is 1. The Morgan fingerprint density at radius 1 is 1.30 bits per heavy atom. The van der Waals surface area contributed by atoms with E-state index < -0.39 is 0 Å². The lowest BCUT2D eigenvalue weighted by atomic mass is 10.0. The van der Waals surface area contributed by atoms with Gasteiger partial charge in [0.15, 0.2) is 0 Å². The minimum absolute atomic E-state index is 0.0356. The molecule has 1 atom stereocenters. The summed E-state index contributed by atoms with van der Waals surface area (Å²) in [4.78, 5) is 15.0. The third-order valence-corrected chi connectivity index (χ3v) is 4.99. The van der Waals surface area contributed by atoms with Crippen LogP contribution in [0.1, 0.15) is 43.0 Å². The molecule has 1 aromatic heterocycles. The monoisotopic (exact) mass is 313 g/mol. The molecule has 1 unspecified atom stereocenters. The van der Waals surface area contributed by atoms with Gasteiger partial charge >= 0.3 is 0 Å². The molecule has 0 aliphatic carbocycles. The van der Waals surface area contributed by atoms with E-state index >= 15 is 0 Å². The van der Waals surface area contributed by atoms with Crippen LogP contribution >= 0.6 is 0 Å². The Balaban J connectivity index is 1.53. The third kappa shape index (κ3) is 3.58. The Hall–Kier alpha value is -1.81. The predicted octanol–water partition coefficient (Wildman–Crippen LogP) is 3.17. The first-order valence-electron chi connectivity index (χ1n) is 8.73. The normalized spacial score (nSPS) is 19.1. The van der Waals surface area contributed by atoms with Crippen molar-refractivity contribution < 1.29 is 4.79 Å². The number of para-hydroxylation sites is 1. The quantitative estimate of drug-likeness (QED) is 0.861. The van der Waals surface area contributed by atoms with Gasteiger partial charge in [-0.15, -0.1) is 0 Å². The van der Waals surface area contributed by atoms with Gasteiger partial charge in [-0.05, 0) is 38.8 Å². The van der Waals surface area contributed by atoms with Crippen LogP contribution in [0.4, 0.5) is 0 Å². The van der Waals surface area contributed by atoms with Crippen LogP contribution in [0.15, 0.2) is 30.5 Å². The Labute approximate surface area is 138 Å². The van der Waals surface area contributed by atoms with E-state index in [-0.39, 0.29) is 5.91 Å². The molecule has 2 aromatic rings. The summed E-state index contributed by atoms with van der Waals surface area (Å²) in [5.41, 5.74) is 1.87. The highest BCUT2D eigenvalue weighted by Crippen LogP contribution is 2.20. The number of carbonyl (C=O) groups excluding carboxylic acids is 1. The highest BCUT2D eigenvalue weighted by molar-refractivity contribution is 6.06. The second-order valence-electron chi connectivity index (χ2n) is 6.66. The maximum atomic E-state index is 12.4. The minimum atomic E-state index is 0.0356. The summed E-state index contributed by atoms with van der Waals surface area (Å²) < 4.78 is 2.01. The number of carbonyl (C=O) groups is 1. The molecule has 0 spiro atoms. The zero-order valence-corrected chi connectivity index (χ0v) is 14.2. The topological polar surface area (TPSA) is 37.3 Å².